The van der Waals surface area contributed by atoms with E-state index in [4.69, 9.17) is 5.73 Å². The van der Waals surface area contributed by atoms with E-state index in [9.17, 15) is 13.2 Å². The summed E-state index contributed by atoms with van der Waals surface area (Å²) >= 11 is 1.40. The van der Waals surface area contributed by atoms with Gasteiger partial charge in [-0.05, 0) is 60.9 Å². The van der Waals surface area contributed by atoms with Crippen molar-refractivity contribution >= 4 is 37.4 Å². The maximum atomic E-state index is 13.2. The summed E-state index contributed by atoms with van der Waals surface area (Å²) in [5.41, 5.74) is 6.93. The minimum absolute atomic E-state index is 0.00854. The predicted octanol–water partition coefficient (Wildman–Crippen LogP) is 2.87. The molecule has 1 amide bonds. The van der Waals surface area contributed by atoms with Gasteiger partial charge in [-0.3, -0.25) is 9.78 Å². The second kappa shape index (κ2) is 7.98. The molecule has 0 saturated carbocycles. The minimum atomic E-state index is -3.54. The molecule has 162 valence electrons. The lowest BCUT2D eigenvalue weighted by Crippen LogP contribution is -2.49. The molecule has 2 saturated heterocycles. The molecule has 2 aliphatic heterocycles. The van der Waals surface area contributed by atoms with Crippen molar-refractivity contribution in [3.8, 4) is 0 Å². The fourth-order valence-corrected chi connectivity index (χ4v) is 7.57. The number of carbonyl (C=O) groups is 1. The monoisotopic (exact) mass is 456 g/mol. The van der Waals surface area contributed by atoms with Crippen LogP contribution in [0.15, 0.2) is 53.7 Å². The first-order valence-electron chi connectivity index (χ1n) is 10.4. The van der Waals surface area contributed by atoms with Crippen LogP contribution in [0.2, 0.25) is 0 Å². The van der Waals surface area contributed by atoms with E-state index < -0.39 is 10.0 Å². The molecule has 0 spiro atoms. The fourth-order valence-electron chi connectivity index (χ4n) is 4.74. The third kappa shape index (κ3) is 3.87. The zero-order valence-electron chi connectivity index (χ0n) is 16.9. The average molecular weight is 457 g/mol. The smallest absolute Gasteiger partial charge is 0.261 e. The average Bonchev–Trinajstić information content (AvgIpc) is 3.32. The number of hydrogen-bond acceptors (Lipinski definition) is 6. The van der Waals surface area contributed by atoms with Gasteiger partial charge in [0.15, 0.2) is 0 Å². The maximum absolute atomic E-state index is 13.2. The Balaban J connectivity index is 1.26. The van der Waals surface area contributed by atoms with Gasteiger partial charge < -0.3 is 11.1 Å². The molecule has 4 heterocycles. The molecule has 2 aromatic heterocycles. The van der Waals surface area contributed by atoms with E-state index in [-0.39, 0.29) is 24.0 Å². The van der Waals surface area contributed by atoms with Crippen LogP contribution in [-0.4, -0.2) is 41.7 Å². The van der Waals surface area contributed by atoms with Crippen LogP contribution in [0, 0.1) is 0 Å². The van der Waals surface area contributed by atoms with Crippen molar-refractivity contribution in [1.29, 1.82) is 0 Å². The van der Waals surface area contributed by atoms with Gasteiger partial charge >= 0.3 is 0 Å². The molecule has 5 rings (SSSR count). The Labute approximate surface area is 185 Å². The molecule has 0 unspecified atom stereocenters. The van der Waals surface area contributed by atoms with Gasteiger partial charge in [0.25, 0.3) is 5.91 Å². The van der Waals surface area contributed by atoms with Crippen LogP contribution in [0.5, 0.6) is 0 Å². The highest BCUT2D eigenvalue weighted by molar-refractivity contribution is 7.89. The van der Waals surface area contributed by atoms with Gasteiger partial charge in [0.1, 0.15) is 0 Å². The standard InChI is InChI=1S/C22H24N4O3S2/c23-16-10-17-3-4-18(11-16)26(17)31(28,29)19-5-1-14(2-6-19)12-25-22(27)20-9-15-7-8-24-13-21(15)30-20/h1-2,5-9,13,16-18H,3-4,10-12,23H2,(H,25,27)/t16-,17-,18+. The van der Waals surface area contributed by atoms with E-state index in [0.29, 0.717) is 16.3 Å². The van der Waals surface area contributed by atoms with Crippen molar-refractivity contribution in [2.45, 2.75) is 55.2 Å². The number of hydrogen-bond donors (Lipinski definition) is 2. The van der Waals surface area contributed by atoms with Gasteiger partial charge in [0.05, 0.1) is 14.5 Å². The number of fused-ring (bicyclic) bond motifs is 3. The number of amides is 1. The summed E-state index contributed by atoms with van der Waals surface area (Å²) < 4.78 is 29.1. The van der Waals surface area contributed by atoms with E-state index >= 15 is 0 Å². The van der Waals surface area contributed by atoms with Gasteiger partial charge in [-0.2, -0.15) is 4.31 Å². The van der Waals surface area contributed by atoms with Crippen LogP contribution in [-0.2, 0) is 16.6 Å². The molecule has 2 aliphatic rings. The van der Waals surface area contributed by atoms with Gasteiger partial charge in [-0.15, -0.1) is 11.3 Å². The second-order valence-corrected chi connectivity index (χ2v) is 11.2. The van der Waals surface area contributed by atoms with E-state index in [1.807, 2.05) is 12.1 Å². The summed E-state index contributed by atoms with van der Waals surface area (Å²) in [5.74, 6) is -0.154. The SMILES string of the molecule is N[C@@H]1C[C@H]2CC[C@@H](C1)N2S(=O)(=O)c1ccc(CNC(=O)c2cc3ccncc3s2)cc1. The minimum Gasteiger partial charge on any atom is -0.347 e. The largest absolute Gasteiger partial charge is 0.347 e. The van der Waals surface area contributed by atoms with Crippen LogP contribution in [0.25, 0.3) is 10.1 Å². The highest BCUT2D eigenvalue weighted by Gasteiger charge is 2.46. The van der Waals surface area contributed by atoms with E-state index in [1.54, 1.807) is 41.0 Å². The Kier molecular flexibility index (Phi) is 5.29. The van der Waals surface area contributed by atoms with Crippen molar-refractivity contribution < 1.29 is 13.2 Å². The molecular weight excluding hydrogens is 432 g/mol. The number of pyridine rings is 1. The summed E-state index contributed by atoms with van der Waals surface area (Å²) in [6.45, 7) is 0.329. The number of rotatable bonds is 5. The Morgan fingerprint density at radius 2 is 1.87 bits per heavy atom. The van der Waals surface area contributed by atoms with E-state index in [2.05, 4.69) is 10.3 Å². The highest BCUT2D eigenvalue weighted by Crippen LogP contribution is 2.39. The molecule has 2 bridgehead atoms. The lowest BCUT2D eigenvalue weighted by molar-refractivity contribution is 0.0955. The summed E-state index contributed by atoms with van der Waals surface area (Å²) in [6, 6.07) is 10.6. The van der Waals surface area contributed by atoms with Crippen molar-refractivity contribution in [3.05, 3.63) is 59.2 Å². The van der Waals surface area contributed by atoms with Crippen molar-refractivity contribution in [1.82, 2.24) is 14.6 Å². The van der Waals surface area contributed by atoms with Crippen LogP contribution in [0.4, 0.5) is 0 Å². The first-order chi connectivity index (χ1) is 14.9. The Bertz CT molecular complexity index is 1180. The first-order valence-corrected chi connectivity index (χ1v) is 12.7. The van der Waals surface area contributed by atoms with Crippen LogP contribution < -0.4 is 11.1 Å². The number of benzene rings is 1. The number of sulfonamides is 1. The number of nitrogens with zero attached hydrogens (tertiary/aromatic N) is 2. The summed E-state index contributed by atoms with van der Waals surface area (Å²) in [5, 5.41) is 3.90. The number of piperidine rings is 1. The number of aromatic nitrogens is 1. The Hall–Kier alpha value is -2.33. The molecule has 3 N–H and O–H groups in total. The lowest BCUT2D eigenvalue weighted by Gasteiger charge is -2.36. The quantitative estimate of drug-likeness (QED) is 0.614. The van der Waals surface area contributed by atoms with E-state index in [1.165, 1.54) is 11.3 Å². The molecular formula is C22H24N4O3S2. The third-order valence-electron chi connectivity index (χ3n) is 6.20. The topological polar surface area (TPSA) is 105 Å². The van der Waals surface area contributed by atoms with Crippen molar-refractivity contribution in [2.24, 2.45) is 5.73 Å². The normalized spacial score (nSPS) is 23.8. The van der Waals surface area contributed by atoms with Gasteiger partial charge in [0.2, 0.25) is 10.0 Å². The van der Waals surface area contributed by atoms with Crippen LogP contribution in [0.3, 0.4) is 0 Å². The molecule has 0 radical (unpaired) electrons. The summed E-state index contributed by atoms with van der Waals surface area (Å²) in [7, 11) is -3.54. The van der Waals surface area contributed by atoms with Crippen molar-refractivity contribution in [2.75, 3.05) is 0 Å². The highest BCUT2D eigenvalue weighted by atomic mass is 32.2. The van der Waals surface area contributed by atoms with Crippen molar-refractivity contribution in [3.63, 3.8) is 0 Å². The molecule has 2 fully saturated rings. The van der Waals surface area contributed by atoms with E-state index in [0.717, 1.165) is 41.3 Å². The lowest BCUT2D eigenvalue weighted by atomic mass is 10.0. The fraction of sp³-hybridized carbons (Fsp3) is 0.364. The molecule has 3 aromatic rings. The van der Waals surface area contributed by atoms with Crippen LogP contribution >= 0.6 is 11.3 Å². The molecule has 31 heavy (non-hydrogen) atoms. The maximum Gasteiger partial charge on any atom is 0.261 e. The third-order valence-corrected chi connectivity index (χ3v) is 9.30. The number of thiophene rings is 1. The predicted molar refractivity (Wildman–Crippen MR) is 120 cm³/mol. The number of nitrogens with one attached hydrogen (secondary N) is 1. The van der Waals surface area contributed by atoms with Gasteiger partial charge in [-0.1, -0.05) is 12.1 Å². The number of nitrogens with two attached hydrogens (primary N) is 1. The molecule has 0 aliphatic carbocycles. The molecule has 7 nitrogen and oxygen atoms in total. The second-order valence-electron chi connectivity index (χ2n) is 8.30. The van der Waals surface area contributed by atoms with Gasteiger partial charge in [0, 0.05) is 37.1 Å². The number of carbonyl (C=O) groups excluding carboxylic acids is 1. The Morgan fingerprint density at radius 3 is 2.55 bits per heavy atom. The molecule has 9 heteroatoms. The summed E-state index contributed by atoms with van der Waals surface area (Å²) in [6.07, 6.45) is 6.68. The van der Waals surface area contributed by atoms with Crippen LogP contribution in [0.1, 0.15) is 40.9 Å². The molecule has 1 aromatic carbocycles. The zero-order chi connectivity index (χ0) is 21.6. The Morgan fingerprint density at radius 1 is 1.16 bits per heavy atom. The first kappa shape index (κ1) is 20.6. The summed E-state index contributed by atoms with van der Waals surface area (Å²) in [4.78, 5) is 17.5. The van der Waals surface area contributed by atoms with Gasteiger partial charge in [-0.25, -0.2) is 8.42 Å². The molecule has 3 atom stereocenters. The zero-order valence-corrected chi connectivity index (χ0v) is 18.5.